The standard InChI is InChI=1S/C75H131N2O6P/c1-6-8-10-12-14-16-18-20-22-24-26-28-30-31-32-33-34-35-36-37-38-39-40-41-42-43-44-45-47-49-51-53-55-57-59-61-63-65-67-69-75(79)76-73(72-83-84(80,81)82-71-70-77(3,4)5)74(78)68-66-64-62-60-58-56-54-52-50-48-46-29-27-25-23-21-19-17-15-13-11-9-7-2/h8,10,14,16,20,22,26,28,31-32,34-35,37-38,40-41,43-44,47,49,53,55,73-74,78H,6-7,9,11-13,15,17-19,21,23-25,27,29-30,33,36,39,42,45-46,48,50-52,54,56-72H2,1-5H3,(H-,76,79,80,81)/b10-8-,16-14-,22-20-,28-26-,32-31-,35-34-,38-37-,41-40-,44-43-,49-47-,55-53-. The maximum absolute atomic E-state index is 13.0. The van der Waals surface area contributed by atoms with Crippen LogP contribution in [-0.2, 0) is 18.4 Å². The Morgan fingerprint density at radius 1 is 0.429 bits per heavy atom. The van der Waals surface area contributed by atoms with E-state index in [0.717, 1.165) is 128 Å². The van der Waals surface area contributed by atoms with Gasteiger partial charge in [0.2, 0.25) is 5.91 Å². The molecule has 0 aromatic heterocycles. The van der Waals surface area contributed by atoms with Crippen LogP contribution in [0.4, 0.5) is 0 Å². The van der Waals surface area contributed by atoms with Gasteiger partial charge in [0.05, 0.1) is 39.9 Å². The summed E-state index contributed by atoms with van der Waals surface area (Å²) >= 11 is 0. The van der Waals surface area contributed by atoms with Crippen molar-refractivity contribution in [1.82, 2.24) is 5.32 Å². The van der Waals surface area contributed by atoms with E-state index in [-0.39, 0.29) is 19.1 Å². The molecule has 9 heteroatoms. The summed E-state index contributed by atoms with van der Waals surface area (Å²) in [6, 6.07) is -0.822. The number of unbranched alkanes of at least 4 members (excludes halogenated alkanes) is 27. The number of allylic oxidation sites excluding steroid dienone is 22. The third-order valence-electron chi connectivity index (χ3n) is 14.9. The molecule has 0 aliphatic rings. The molecule has 1 amide bonds. The smallest absolute Gasteiger partial charge is 0.268 e. The number of nitrogens with one attached hydrogen (secondary N) is 1. The van der Waals surface area contributed by atoms with Crippen LogP contribution in [0, 0.1) is 0 Å². The zero-order chi connectivity index (χ0) is 61.2. The normalized spacial score (nSPS) is 14.5. The average Bonchev–Trinajstić information content (AvgIpc) is 3.56. The molecule has 84 heavy (non-hydrogen) atoms. The van der Waals surface area contributed by atoms with E-state index < -0.39 is 20.0 Å². The fourth-order valence-electron chi connectivity index (χ4n) is 9.58. The summed E-state index contributed by atoms with van der Waals surface area (Å²) < 4.78 is 23.5. The van der Waals surface area contributed by atoms with Crippen LogP contribution >= 0.6 is 7.82 Å². The van der Waals surface area contributed by atoms with Crippen molar-refractivity contribution < 1.29 is 32.9 Å². The Bertz CT molecular complexity index is 1830. The van der Waals surface area contributed by atoms with Crippen LogP contribution in [0.2, 0.25) is 0 Å². The summed E-state index contributed by atoms with van der Waals surface area (Å²) in [5.41, 5.74) is 0. The van der Waals surface area contributed by atoms with E-state index in [9.17, 15) is 19.4 Å². The number of quaternary nitrogens is 1. The minimum absolute atomic E-state index is 0.00179. The monoisotopic (exact) mass is 1190 g/mol. The van der Waals surface area contributed by atoms with Crippen LogP contribution in [0.3, 0.4) is 0 Å². The highest BCUT2D eigenvalue weighted by Crippen LogP contribution is 2.38. The number of phosphoric acid groups is 1. The summed E-state index contributed by atoms with van der Waals surface area (Å²) in [6.07, 6.45) is 96.5. The maximum Gasteiger partial charge on any atom is 0.268 e. The molecule has 0 saturated heterocycles. The largest absolute Gasteiger partial charge is 0.756 e. The Kier molecular flexibility index (Phi) is 61.6. The zero-order valence-corrected chi connectivity index (χ0v) is 56.0. The van der Waals surface area contributed by atoms with Crippen LogP contribution in [0.25, 0.3) is 0 Å². The van der Waals surface area contributed by atoms with Crippen molar-refractivity contribution in [2.75, 3.05) is 40.9 Å². The predicted molar refractivity (Wildman–Crippen MR) is 366 cm³/mol. The topological polar surface area (TPSA) is 108 Å². The van der Waals surface area contributed by atoms with Crippen LogP contribution < -0.4 is 10.2 Å². The number of carbonyl (C=O) groups excluding carboxylic acids is 1. The van der Waals surface area contributed by atoms with Gasteiger partial charge in [-0.2, -0.15) is 0 Å². The number of hydrogen-bond donors (Lipinski definition) is 2. The van der Waals surface area contributed by atoms with Crippen molar-refractivity contribution in [3.8, 4) is 0 Å². The minimum atomic E-state index is -4.59. The molecule has 0 aliphatic heterocycles. The lowest BCUT2D eigenvalue weighted by Crippen LogP contribution is -2.46. The molecule has 0 saturated carbocycles. The van der Waals surface area contributed by atoms with Gasteiger partial charge >= 0.3 is 0 Å². The lowest BCUT2D eigenvalue weighted by Gasteiger charge is -2.30. The second-order valence-electron chi connectivity index (χ2n) is 24.2. The van der Waals surface area contributed by atoms with Crippen molar-refractivity contribution in [1.29, 1.82) is 0 Å². The first-order valence-corrected chi connectivity index (χ1v) is 36.0. The molecular weight excluding hydrogens is 1060 g/mol. The second kappa shape index (κ2) is 64.1. The first kappa shape index (κ1) is 80.6. The number of rotatable bonds is 62. The Balaban J connectivity index is 4.17. The molecule has 0 bridgehead atoms. The predicted octanol–water partition coefficient (Wildman–Crippen LogP) is 21.6. The van der Waals surface area contributed by atoms with Crippen molar-refractivity contribution in [3.63, 3.8) is 0 Å². The van der Waals surface area contributed by atoms with Gasteiger partial charge in [0.1, 0.15) is 13.2 Å². The van der Waals surface area contributed by atoms with Gasteiger partial charge in [0.25, 0.3) is 7.82 Å². The van der Waals surface area contributed by atoms with Crippen molar-refractivity contribution in [2.45, 2.75) is 296 Å². The van der Waals surface area contributed by atoms with E-state index >= 15 is 0 Å². The van der Waals surface area contributed by atoms with Gasteiger partial charge < -0.3 is 28.8 Å². The molecule has 8 nitrogen and oxygen atoms in total. The fourth-order valence-corrected chi connectivity index (χ4v) is 10.3. The van der Waals surface area contributed by atoms with Crippen LogP contribution in [-0.4, -0.2) is 68.5 Å². The first-order valence-electron chi connectivity index (χ1n) is 34.5. The minimum Gasteiger partial charge on any atom is -0.756 e. The number of amides is 1. The van der Waals surface area contributed by atoms with E-state index in [1.807, 2.05) is 21.1 Å². The van der Waals surface area contributed by atoms with Crippen molar-refractivity contribution in [2.24, 2.45) is 0 Å². The van der Waals surface area contributed by atoms with E-state index in [4.69, 9.17) is 9.05 Å². The van der Waals surface area contributed by atoms with Gasteiger partial charge in [-0.15, -0.1) is 0 Å². The summed E-state index contributed by atoms with van der Waals surface area (Å²) in [5.74, 6) is -0.186. The fraction of sp³-hybridized carbons (Fsp3) is 0.693. The molecule has 0 radical (unpaired) electrons. The molecule has 0 rings (SSSR count). The third kappa shape index (κ3) is 66.2. The molecule has 3 atom stereocenters. The summed E-state index contributed by atoms with van der Waals surface area (Å²) in [5, 5.41) is 14.1. The average molecular weight is 1190 g/mol. The van der Waals surface area contributed by atoms with Gasteiger partial charge in [-0.1, -0.05) is 314 Å². The van der Waals surface area contributed by atoms with E-state index in [1.54, 1.807) is 0 Å². The molecule has 0 aromatic carbocycles. The third-order valence-corrected chi connectivity index (χ3v) is 15.9. The highest BCUT2D eigenvalue weighted by atomic mass is 31.2. The molecule has 0 heterocycles. The number of hydrogen-bond acceptors (Lipinski definition) is 6. The molecule has 482 valence electrons. The SMILES string of the molecule is CC/C=C\C/C=C\C/C=C\C/C=C\C/C=C\C/C=C\C/C=C\C/C=C\C/C=C\C/C=C\C/C=C\CCCCCCCC(=O)NC(COP(=O)([O-])OCC[N+](C)(C)C)C(O)CCCCCCCCCCCCCCCCCCCCCCCCC. The summed E-state index contributed by atoms with van der Waals surface area (Å²) in [7, 11) is 1.28. The zero-order valence-electron chi connectivity index (χ0n) is 55.1. The summed E-state index contributed by atoms with van der Waals surface area (Å²) in [4.78, 5) is 25.6. The van der Waals surface area contributed by atoms with E-state index in [1.165, 1.54) is 128 Å². The Hall–Kier alpha value is -3.36. The van der Waals surface area contributed by atoms with Gasteiger partial charge in [0.15, 0.2) is 0 Å². The number of nitrogens with zero attached hydrogens (tertiary/aromatic N) is 1. The lowest BCUT2D eigenvalue weighted by atomic mass is 10.0. The van der Waals surface area contributed by atoms with Crippen LogP contribution in [0.15, 0.2) is 134 Å². The number of carbonyl (C=O) groups is 1. The molecular formula is C75H131N2O6P. The lowest BCUT2D eigenvalue weighted by molar-refractivity contribution is -0.870. The summed E-state index contributed by atoms with van der Waals surface area (Å²) in [6.45, 7) is 4.61. The molecule has 0 aliphatic carbocycles. The molecule has 0 spiro atoms. The Labute approximate surface area is 519 Å². The highest BCUT2D eigenvalue weighted by molar-refractivity contribution is 7.45. The second-order valence-corrected chi connectivity index (χ2v) is 25.6. The maximum atomic E-state index is 13.0. The van der Waals surface area contributed by atoms with Crippen LogP contribution in [0.5, 0.6) is 0 Å². The van der Waals surface area contributed by atoms with Crippen molar-refractivity contribution >= 4 is 13.7 Å². The number of aliphatic hydroxyl groups is 1. The van der Waals surface area contributed by atoms with E-state index in [0.29, 0.717) is 23.9 Å². The van der Waals surface area contributed by atoms with Gasteiger partial charge in [-0.25, -0.2) is 0 Å². The molecule has 3 unspecified atom stereocenters. The van der Waals surface area contributed by atoms with E-state index in [2.05, 4.69) is 153 Å². The first-order chi connectivity index (χ1) is 41.0. The van der Waals surface area contributed by atoms with Crippen molar-refractivity contribution in [3.05, 3.63) is 134 Å². The molecule has 0 fully saturated rings. The van der Waals surface area contributed by atoms with Gasteiger partial charge in [-0.3, -0.25) is 9.36 Å². The quantitative estimate of drug-likeness (QED) is 0.0272. The number of aliphatic hydroxyl groups excluding tert-OH is 1. The molecule has 2 N–H and O–H groups in total. The highest BCUT2D eigenvalue weighted by Gasteiger charge is 2.24. The number of phosphoric ester groups is 1. The Morgan fingerprint density at radius 3 is 1.06 bits per heavy atom. The number of likely N-dealkylation sites (N-methyl/N-ethyl adjacent to an activating group) is 1. The van der Waals surface area contributed by atoms with Crippen LogP contribution in [0.1, 0.15) is 284 Å². The van der Waals surface area contributed by atoms with Gasteiger partial charge in [0, 0.05) is 6.42 Å². The van der Waals surface area contributed by atoms with Gasteiger partial charge in [-0.05, 0) is 96.3 Å². The molecule has 0 aromatic rings. The Morgan fingerprint density at radius 2 is 0.726 bits per heavy atom.